The number of carbonyl (C=O) groups is 1. The molecule has 5 heteroatoms. The first-order valence-corrected chi connectivity index (χ1v) is 7.74. The van der Waals surface area contributed by atoms with Crippen LogP contribution in [0, 0.1) is 6.92 Å². The Bertz CT molecular complexity index is 824. The van der Waals surface area contributed by atoms with Crippen LogP contribution >= 0.6 is 0 Å². The predicted octanol–water partition coefficient (Wildman–Crippen LogP) is 3.85. The highest BCUT2D eigenvalue weighted by Crippen LogP contribution is 2.17. The van der Waals surface area contributed by atoms with Crippen LogP contribution in [0.5, 0.6) is 5.75 Å². The average Bonchev–Trinajstić information content (AvgIpc) is 3.05. The molecule has 126 valence electrons. The van der Waals surface area contributed by atoms with Gasteiger partial charge in [0, 0.05) is 22.7 Å². The van der Waals surface area contributed by atoms with E-state index in [-0.39, 0.29) is 0 Å². The number of nitrogens with one attached hydrogen (secondary N) is 2. The lowest BCUT2D eigenvalue weighted by Crippen LogP contribution is -2.19. The highest BCUT2D eigenvalue weighted by atomic mass is 16.5. The summed E-state index contributed by atoms with van der Waals surface area (Å²) in [7, 11) is 1.52. The molecule has 2 aromatic carbocycles. The van der Waals surface area contributed by atoms with Crippen molar-refractivity contribution in [2.45, 2.75) is 20.3 Å². The van der Waals surface area contributed by atoms with Crippen LogP contribution in [0.25, 0.3) is 10.9 Å². The summed E-state index contributed by atoms with van der Waals surface area (Å²) in [6, 6.07) is 13.5. The molecule has 1 heterocycles. The molecule has 5 nitrogen and oxygen atoms in total. The van der Waals surface area contributed by atoms with Crippen molar-refractivity contribution < 1.29 is 14.7 Å². The number of aryl methyl sites for hydroxylation is 2. The molecule has 0 saturated heterocycles. The van der Waals surface area contributed by atoms with Crippen LogP contribution in [0.2, 0.25) is 0 Å². The fourth-order valence-electron chi connectivity index (χ4n) is 2.46. The second kappa shape index (κ2) is 8.17. The van der Waals surface area contributed by atoms with Gasteiger partial charge in [0.05, 0.1) is 7.11 Å². The number of methoxy groups -OCH3 is 1. The van der Waals surface area contributed by atoms with Crippen LogP contribution in [0.3, 0.4) is 0 Å². The Labute approximate surface area is 141 Å². The van der Waals surface area contributed by atoms with Gasteiger partial charge in [0.15, 0.2) is 0 Å². The van der Waals surface area contributed by atoms with E-state index >= 15 is 0 Å². The highest BCUT2D eigenvalue weighted by Gasteiger charge is 2.08. The van der Waals surface area contributed by atoms with E-state index in [1.807, 2.05) is 0 Å². The summed E-state index contributed by atoms with van der Waals surface area (Å²) < 4.78 is 4.94. The molecule has 0 saturated carbocycles. The summed E-state index contributed by atoms with van der Waals surface area (Å²) in [5, 5.41) is 9.79. The van der Waals surface area contributed by atoms with Gasteiger partial charge in [-0.1, -0.05) is 31.2 Å². The fraction of sp³-hybridized carbons (Fsp3) is 0.211. The molecule has 0 fully saturated rings. The van der Waals surface area contributed by atoms with Crippen LogP contribution in [-0.4, -0.2) is 23.2 Å². The molecule has 0 aliphatic heterocycles. The fourth-order valence-corrected chi connectivity index (χ4v) is 2.46. The van der Waals surface area contributed by atoms with E-state index in [1.165, 1.54) is 23.6 Å². The Kier molecular flexibility index (Phi) is 5.98. The smallest absolute Gasteiger partial charge is 0.275 e. The minimum absolute atomic E-state index is 0.404. The maximum atomic E-state index is 11.1. The second-order valence-electron chi connectivity index (χ2n) is 5.33. The normalized spacial score (nSPS) is 10.0. The third-order valence-electron chi connectivity index (χ3n) is 3.85. The lowest BCUT2D eigenvalue weighted by molar-refractivity contribution is 0.0705. The largest absolute Gasteiger partial charge is 0.497 e. The van der Waals surface area contributed by atoms with Gasteiger partial charge in [0.1, 0.15) is 5.75 Å². The number of rotatable bonds is 3. The molecule has 3 aromatic rings. The van der Waals surface area contributed by atoms with Gasteiger partial charge in [-0.2, -0.15) is 0 Å². The number of H-pyrrole nitrogens is 1. The summed E-state index contributed by atoms with van der Waals surface area (Å²) in [6.45, 7) is 3.96. The number of ether oxygens (including phenoxy) is 1. The molecule has 0 radical (unpaired) electrons. The van der Waals surface area contributed by atoms with Gasteiger partial charge < -0.3 is 9.72 Å². The lowest BCUT2D eigenvalue weighted by atomic mass is 10.1. The summed E-state index contributed by atoms with van der Waals surface area (Å²) in [4.78, 5) is 14.3. The van der Waals surface area contributed by atoms with Gasteiger partial charge in [-0.25, -0.2) is 5.48 Å². The first-order valence-electron chi connectivity index (χ1n) is 7.74. The van der Waals surface area contributed by atoms with E-state index in [4.69, 9.17) is 9.94 Å². The Morgan fingerprint density at radius 3 is 2.67 bits per heavy atom. The first kappa shape index (κ1) is 17.6. The molecular weight excluding hydrogens is 304 g/mol. The van der Waals surface area contributed by atoms with Gasteiger partial charge in [0.2, 0.25) is 0 Å². The van der Waals surface area contributed by atoms with E-state index in [0.29, 0.717) is 11.3 Å². The zero-order valence-electron chi connectivity index (χ0n) is 14.1. The first-order chi connectivity index (χ1) is 11.6. The summed E-state index contributed by atoms with van der Waals surface area (Å²) in [6.07, 6.45) is 3.19. The third-order valence-corrected chi connectivity index (χ3v) is 3.85. The van der Waals surface area contributed by atoms with Gasteiger partial charge in [0.25, 0.3) is 5.91 Å². The zero-order valence-corrected chi connectivity index (χ0v) is 14.1. The SMILES string of the molecule is CCc1c[nH]c2ccccc12.COc1ccc(C)c(C(=O)NO)c1. The van der Waals surface area contributed by atoms with Crippen molar-refractivity contribution >= 4 is 16.8 Å². The van der Waals surface area contributed by atoms with Crippen molar-refractivity contribution in [2.75, 3.05) is 7.11 Å². The Balaban J connectivity index is 0.000000175. The number of hydrogen-bond donors (Lipinski definition) is 3. The monoisotopic (exact) mass is 326 g/mol. The Hall–Kier alpha value is -2.79. The molecule has 0 bridgehead atoms. The van der Waals surface area contributed by atoms with Crippen molar-refractivity contribution in [2.24, 2.45) is 0 Å². The maximum absolute atomic E-state index is 11.1. The molecule has 0 aliphatic rings. The van der Waals surface area contributed by atoms with E-state index in [1.54, 1.807) is 30.6 Å². The number of hydrogen-bond acceptors (Lipinski definition) is 3. The van der Waals surface area contributed by atoms with E-state index in [2.05, 4.69) is 42.4 Å². The molecule has 0 spiro atoms. The minimum atomic E-state index is -0.531. The molecule has 1 aromatic heterocycles. The minimum Gasteiger partial charge on any atom is -0.497 e. The molecule has 0 unspecified atom stereocenters. The topological polar surface area (TPSA) is 74.4 Å². The standard InChI is InChI=1S/C10H11N.C9H11NO3/c1-2-8-7-11-10-6-4-3-5-9(8)10;1-6-3-4-7(13-2)5-8(6)9(11)10-12/h3-7,11H,2H2,1H3;3-5,12H,1-2H3,(H,10,11). The number of fused-ring (bicyclic) bond motifs is 1. The molecule has 3 rings (SSSR count). The molecule has 3 N–H and O–H groups in total. The van der Waals surface area contributed by atoms with Crippen molar-refractivity contribution in [3.63, 3.8) is 0 Å². The van der Waals surface area contributed by atoms with Crippen LogP contribution in [0.15, 0.2) is 48.7 Å². The molecule has 1 amide bonds. The van der Waals surface area contributed by atoms with Crippen LogP contribution in [-0.2, 0) is 6.42 Å². The third kappa shape index (κ3) is 3.94. The number of benzene rings is 2. The van der Waals surface area contributed by atoms with Crippen molar-refractivity contribution in [3.8, 4) is 5.75 Å². The number of aromatic amines is 1. The summed E-state index contributed by atoms with van der Waals surface area (Å²) in [5.41, 5.74) is 5.41. The summed E-state index contributed by atoms with van der Waals surface area (Å²) in [5.74, 6) is 0.0561. The van der Waals surface area contributed by atoms with E-state index in [0.717, 1.165) is 12.0 Å². The van der Waals surface area contributed by atoms with Crippen molar-refractivity contribution in [3.05, 3.63) is 65.4 Å². The zero-order chi connectivity index (χ0) is 17.5. The second-order valence-corrected chi connectivity index (χ2v) is 5.33. The van der Waals surface area contributed by atoms with Crippen LogP contribution in [0.4, 0.5) is 0 Å². The van der Waals surface area contributed by atoms with Gasteiger partial charge >= 0.3 is 0 Å². The van der Waals surface area contributed by atoms with E-state index < -0.39 is 5.91 Å². The number of aromatic nitrogens is 1. The molecule has 24 heavy (non-hydrogen) atoms. The number of carbonyl (C=O) groups excluding carboxylic acids is 1. The van der Waals surface area contributed by atoms with Crippen LogP contribution < -0.4 is 10.2 Å². The highest BCUT2D eigenvalue weighted by molar-refractivity contribution is 5.95. The van der Waals surface area contributed by atoms with Gasteiger partial charge in [-0.05, 0) is 42.7 Å². The number of amides is 1. The Morgan fingerprint density at radius 1 is 1.25 bits per heavy atom. The van der Waals surface area contributed by atoms with Gasteiger partial charge in [-0.3, -0.25) is 10.0 Å². The van der Waals surface area contributed by atoms with Crippen molar-refractivity contribution in [1.29, 1.82) is 0 Å². The summed E-state index contributed by atoms with van der Waals surface area (Å²) >= 11 is 0. The number of hydroxylamine groups is 1. The lowest BCUT2D eigenvalue weighted by Gasteiger charge is -2.05. The van der Waals surface area contributed by atoms with E-state index in [9.17, 15) is 4.79 Å². The number of para-hydroxylation sites is 1. The maximum Gasteiger partial charge on any atom is 0.275 e. The van der Waals surface area contributed by atoms with Crippen molar-refractivity contribution in [1.82, 2.24) is 10.5 Å². The average molecular weight is 326 g/mol. The molecular formula is C19H22N2O3. The molecule has 0 atom stereocenters. The predicted molar refractivity (Wildman–Crippen MR) is 94.7 cm³/mol. The Morgan fingerprint density at radius 2 is 2.00 bits per heavy atom. The molecule has 0 aliphatic carbocycles. The quantitative estimate of drug-likeness (QED) is 0.505. The van der Waals surface area contributed by atoms with Crippen LogP contribution in [0.1, 0.15) is 28.4 Å². The van der Waals surface area contributed by atoms with Gasteiger partial charge in [-0.15, -0.1) is 0 Å².